The Balaban J connectivity index is 1.45. The number of aromatic nitrogens is 2. The van der Waals surface area contributed by atoms with Crippen molar-refractivity contribution in [3.8, 4) is 17.1 Å². The lowest BCUT2D eigenvalue weighted by Crippen LogP contribution is -2.36. The molecule has 7 nitrogen and oxygen atoms in total. The maximum Gasteiger partial charge on any atom is 0.441 e. The maximum absolute atomic E-state index is 12.2. The van der Waals surface area contributed by atoms with Crippen LogP contribution >= 0.6 is 0 Å². The minimum absolute atomic E-state index is 0.138. The Morgan fingerprint density at radius 2 is 1.93 bits per heavy atom. The van der Waals surface area contributed by atoms with E-state index in [0.717, 1.165) is 30.7 Å². The van der Waals surface area contributed by atoms with Gasteiger partial charge in [-0.05, 0) is 44.0 Å². The molecule has 1 aliphatic rings. The molecule has 1 fully saturated rings. The van der Waals surface area contributed by atoms with Crippen LogP contribution in [0.25, 0.3) is 11.4 Å². The van der Waals surface area contributed by atoms with Crippen molar-refractivity contribution >= 4 is 0 Å². The number of likely N-dealkylation sites (tertiary alicyclic amines) is 1. The van der Waals surface area contributed by atoms with Crippen molar-refractivity contribution in [1.29, 1.82) is 0 Å². The van der Waals surface area contributed by atoms with Crippen LogP contribution in [0.15, 0.2) is 63.9 Å². The zero-order valence-electron chi connectivity index (χ0n) is 17.1. The van der Waals surface area contributed by atoms with Gasteiger partial charge in [-0.1, -0.05) is 47.6 Å². The van der Waals surface area contributed by atoms with Gasteiger partial charge in [0.2, 0.25) is 0 Å². The van der Waals surface area contributed by atoms with Crippen molar-refractivity contribution in [2.45, 2.75) is 38.5 Å². The smallest absolute Gasteiger partial charge is 0.441 e. The van der Waals surface area contributed by atoms with E-state index in [0.29, 0.717) is 19.0 Å². The van der Waals surface area contributed by atoms with Crippen LogP contribution in [0.4, 0.5) is 0 Å². The van der Waals surface area contributed by atoms with Gasteiger partial charge in [-0.3, -0.25) is 14.0 Å². The summed E-state index contributed by atoms with van der Waals surface area (Å²) in [5.41, 5.74) is 2.00. The summed E-state index contributed by atoms with van der Waals surface area (Å²) in [6, 6.07) is 17.8. The Morgan fingerprint density at radius 3 is 2.67 bits per heavy atom. The third kappa shape index (κ3) is 4.47. The van der Waals surface area contributed by atoms with Gasteiger partial charge in [0.25, 0.3) is 0 Å². The number of benzene rings is 2. The van der Waals surface area contributed by atoms with Gasteiger partial charge < -0.3 is 9.84 Å². The van der Waals surface area contributed by atoms with Crippen LogP contribution in [0.5, 0.6) is 5.75 Å². The Morgan fingerprint density at radius 1 is 1.17 bits per heavy atom. The largest absolute Gasteiger partial charge is 0.494 e. The zero-order chi connectivity index (χ0) is 20.9. The number of ether oxygens (including phenoxy) is 1. The molecule has 158 valence electrons. The second-order valence-electron chi connectivity index (χ2n) is 7.56. The number of hydrogen-bond donors (Lipinski definition) is 1. The van der Waals surface area contributed by atoms with Crippen LogP contribution in [0.1, 0.15) is 31.4 Å². The van der Waals surface area contributed by atoms with Crippen molar-refractivity contribution in [3.63, 3.8) is 0 Å². The van der Waals surface area contributed by atoms with Gasteiger partial charge in [0.05, 0.1) is 19.3 Å². The van der Waals surface area contributed by atoms with E-state index in [4.69, 9.17) is 9.26 Å². The third-order valence-electron chi connectivity index (χ3n) is 5.50. The molecule has 1 aromatic heterocycles. The highest BCUT2D eigenvalue weighted by atomic mass is 16.5. The molecule has 0 spiro atoms. The van der Waals surface area contributed by atoms with Crippen LogP contribution in [-0.2, 0) is 6.54 Å². The Kier molecular flexibility index (Phi) is 6.30. The van der Waals surface area contributed by atoms with Crippen molar-refractivity contribution in [2.75, 3.05) is 19.7 Å². The van der Waals surface area contributed by atoms with Gasteiger partial charge in [-0.2, -0.15) is 0 Å². The Hall–Kier alpha value is -2.90. The number of rotatable bonds is 8. The molecule has 2 aromatic carbocycles. The number of aliphatic hydroxyl groups excluding tert-OH is 1. The molecule has 1 aliphatic heterocycles. The molecule has 0 amide bonds. The lowest BCUT2D eigenvalue weighted by molar-refractivity contribution is 0.0906. The van der Waals surface area contributed by atoms with Crippen molar-refractivity contribution in [2.24, 2.45) is 0 Å². The summed E-state index contributed by atoms with van der Waals surface area (Å²) in [5.74, 6) is 0.743. The molecule has 2 unspecified atom stereocenters. The van der Waals surface area contributed by atoms with E-state index in [9.17, 15) is 9.90 Å². The highest BCUT2D eigenvalue weighted by Crippen LogP contribution is 2.33. The second-order valence-corrected chi connectivity index (χ2v) is 7.56. The van der Waals surface area contributed by atoms with E-state index in [2.05, 4.69) is 22.2 Å². The van der Waals surface area contributed by atoms with Crippen molar-refractivity contribution < 1.29 is 14.4 Å². The lowest BCUT2D eigenvalue weighted by Gasteiger charge is -2.27. The van der Waals surface area contributed by atoms with Crippen LogP contribution in [-0.4, -0.2) is 45.5 Å². The fourth-order valence-electron chi connectivity index (χ4n) is 4.14. The molecule has 0 aliphatic carbocycles. The molecule has 7 heteroatoms. The maximum atomic E-state index is 12.2. The molecule has 1 N–H and O–H groups in total. The average Bonchev–Trinajstić information content (AvgIpc) is 3.36. The molecule has 1 saturated heterocycles. The monoisotopic (exact) mass is 409 g/mol. The fraction of sp³-hybridized carbons (Fsp3) is 0.391. The molecule has 0 saturated carbocycles. The minimum Gasteiger partial charge on any atom is -0.494 e. The van der Waals surface area contributed by atoms with Gasteiger partial charge in [0, 0.05) is 18.2 Å². The predicted molar refractivity (Wildman–Crippen MR) is 113 cm³/mol. The Labute approximate surface area is 175 Å². The van der Waals surface area contributed by atoms with E-state index in [-0.39, 0.29) is 12.6 Å². The topological polar surface area (TPSA) is 80.7 Å². The van der Waals surface area contributed by atoms with E-state index in [1.165, 1.54) is 10.1 Å². The molecular formula is C23H27N3O4. The zero-order valence-corrected chi connectivity index (χ0v) is 17.1. The predicted octanol–water partition coefficient (Wildman–Crippen LogP) is 3.10. The number of β-amino-alcohol motifs (C(OH)–C–C–N with tert-alkyl or cyclic N) is 1. The highest BCUT2D eigenvalue weighted by molar-refractivity contribution is 5.54. The van der Waals surface area contributed by atoms with Crippen molar-refractivity contribution in [1.82, 2.24) is 14.6 Å². The molecule has 4 rings (SSSR count). The summed E-state index contributed by atoms with van der Waals surface area (Å²) in [6.07, 6.45) is 1.41. The second kappa shape index (κ2) is 9.28. The number of nitrogens with zero attached hydrogens (tertiary/aromatic N) is 3. The van der Waals surface area contributed by atoms with E-state index < -0.39 is 11.9 Å². The molecule has 30 heavy (non-hydrogen) atoms. The minimum atomic E-state index is -0.715. The first kappa shape index (κ1) is 20.4. The molecule has 0 bridgehead atoms. The summed E-state index contributed by atoms with van der Waals surface area (Å²) in [6.45, 7) is 4.15. The summed E-state index contributed by atoms with van der Waals surface area (Å²) in [7, 11) is 0. The molecule has 2 heterocycles. The summed E-state index contributed by atoms with van der Waals surface area (Å²) >= 11 is 0. The summed E-state index contributed by atoms with van der Waals surface area (Å²) in [5, 5.41) is 14.7. The van der Waals surface area contributed by atoms with Crippen LogP contribution in [0, 0.1) is 0 Å². The quantitative estimate of drug-likeness (QED) is 0.616. The third-order valence-corrected chi connectivity index (χ3v) is 5.50. The first-order valence-electron chi connectivity index (χ1n) is 10.4. The lowest BCUT2D eigenvalue weighted by atomic mass is 10.0. The molecule has 3 aromatic rings. The van der Waals surface area contributed by atoms with Gasteiger partial charge in [0.1, 0.15) is 5.75 Å². The number of hydrogen-bond acceptors (Lipinski definition) is 6. The van der Waals surface area contributed by atoms with Gasteiger partial charge in [-0.15, -0.1) is 0 Å². The molecule has 2 atom stereocenters. The number of aliphatic hydroxyl groups is 1. The standard InChI is InChI=1S/C23H27N3O4/c1-2-29-20-12-10-17(11-13-20)21-9-6-14-25(21)15-19(27)16-26-22(24-30-23(26)28)18-7-4-3-5-8-18/h3-5,7-8,10-13,19,21,27H,2,6,9,14-16H2,1H3. The van der Waals surface area contributed by atoms with E-state index in [1.807, 2.05) is 49.4 Å². The highest BCUT2D eigenvalue weighted by Gasteiger charge is 2.28. The normalized spacial score (nSPS) is 17.9. The SMILES string of the molecule is CCOc1ccc(C2CCCN2CC(O)Cn2c(-c3ccccc3)noc2=O)cc1. The Bertz CT molecular complexity index is 997. The van der Waals surface area contributed by atoms with E-state index in [1.54, 1.807) is 0 Å². The molecular weight excluding hydrogens is 382 g/mol. The summed E-state index contributed by atoms with van der Waals surface area (Å²) < 4.78 is 11.8. The first-order chi connectivity index (χ1) is 14.7. The van der Waals surface area contributed by atoms with Gasteiger partial charge in [0.15, 0.2) is 5.82 Å². The molecule has 0 radical (unpaired) electrons. The van der Waals surface area contributed by atoms with E-state index >= 15 is 0 Å². The summed E-state index contributed by atoms with van der Waals surface area (Å²) in [4.78, 5) is 14.4. The average molecular weight is 409 g/mol. The van der Waals surface area contributed by atoms with Gasteiger partial charge in [-0.25, -0.2) is 4.79 Å². The van der Waals surface area contributed by atoms with Crippen LogP contribution in [0.3, 0.4) is 0 Å². The first-order valence-corrected chi connectivity index (χ1v) is 10.4. The van der Waals surface area contributed by atoms with Gasteiger partial charge >= 0.3 is 5.76 Å². The van der Waals surface area contributed by atoms with Crippen LogP contribution < -0.4 is 10.5 Å². The van der Waals surface area contributed by atoms with Crippen LogP contribution in [0.2, 0.25) is 0 Å². The fourth-order valence-corrected chi connectivity index (χ4v) is 4.14. The van der Waals surface area contributed by atoms with Crippen molar-refractivity contribution in [3.05, 3.63) is 70.7 Å².